The molecule has 0 heterocycles. The van der Waals surface area contributed by atoms with Gasteiger partial charge in [0.1, 0.15) is 0 Å². The van der Waals surface area contributed by atoms with Crippen molar-refractivity contribution in [3.8, 4) is 0 Å². The van der Waals surface area contributed by atoms with Crippen molar-refractivity contribution >= 4 is 17.4 Å². The van der Waals surface area contributed by atoms with E-state index in [4.69, 9.17) is 0 Å². The summed E-state index contributed by atoms with van der Waals surface area (Å²) in [4.78, 5) is 12.8. The lowest BCUT2D eigenvalue weighted by molar-refractivity contribution is 0.103. The van der Waals surface area contributed by atoms with Crippen molar-refractivity contribution in [2.45, 2.75) is 6.92 Å². The summed E-state index contributed by atoms with van der Waals surface area (Å²) in [6.07, 6.45) is 2.07. The molecular formula is C22H18O. The van der Waals surface area contributed by atoms with Crippen molar-refractivity contribution in [1.82, 2.24) is 0 Å². The average molecular weight is 298 g/mol. The van der Waals surface area contributed by atoms with Gasteiger partial charge in [0.2, 0.25) is 0 Å². The molecule has 0 radical (unpaired) electrons. The number of hydrogen-bond acceptors (Lipinski definition) is 1. The minimum absolute atomic E-state index is 0.0540. The van der Waals surface area contributed by atoms with Crippen molar-refractivity contribution in [1.29, 1.82) is 0 Å². The zero-order valence-electron chi connectivity index (χ0n) is 13.1. The van der Waals surface area contributed by atoms with Gasteiger partial charge in [0.15, 0.2) is 5.78 Å². The van der Waals surface area contributed by atoms with Gasteiger partial charge in [0, 0.05) is 11.1 Å². The largest absolute Gasteiger partial charge is 0.289 e. The molecule has 0 aliphatic carbocycles. The summed E-state index contributed by atoms with van der Waals surface area (Å²) >= 11 is 0. The number of rotatable bonds is 4. The molecule has 3 rings (SSSR count). The van der Waals surface area contributed by atoms with E-state index < -0.39 is 0 Å². The van der Waals surface area contributed by atoms with E-state index in [0.717, 1.165) is 22.3 Å². The number of ketones is 1. The highest BCUT2D eigenvalue weighted by Gasteiger charge is 2.11. The molecule has 0 N–H and O–H groups in total. The second-order valence-corrected chi connectivity index (χ2v) is 5.48. The molecule has 0 aliphatic rings. The predicted octanol–water partition coefficient (Wildman–Crippen LogP) is 5.48. The molecule has 23 heavy (non-hydrogen) atoms. The Bertz CT molecular complexity index is 830. The fourth-order valence-corrected chi connectivity index (χ4v) is 2.59. The van der Waals surface area contributed by atoms with Gasteiger partial charge in [-0.05, 0) is 23.6 Å². The lowest BCUT2D eigenvalue weighted by atomic mass is 9.96. The fourth-order valence-electron chi connectivity index (χ4n) is 2.59. The molecule has 0 bridgehead atoms. The van der Waals surface area contributed by atoms with E-state index in [1.165, 1.54) is 0 Å². The van der Waals surface area contributed by atoms with E-state index in [0.29, 0.717) is 5.56 Å². The van der Waals surface area contributed by atoms with Crippen LogP contribution in [0.25, 0.3) is 11.6 Å². The van der Waals surface area contributed by atoms with Gasteiger partial charge in [-0.1, -0.05) is 91.0 Å². The number of benzene rings is 3. The third-order valence-electron chi connectivity index (χ3n) is 3.84. The highest BCUT2D eigenvalue weighted by molar-refractivity contribution is 6.11. The van der Waals surface area contributed by atoms with Crippen LogP contribution < -0.4 is 0 Å². The van der Waals surface area contributed by atoms with Crippen molar-refractivity contribution in [2.24, 2.45) is 0 Å². The number of allylic oxidation sites excluding steroid dienone is 1. The van der Waals surface area contributed by atoms with E-state index in [1.54, 1.807) is 0 Å². The molecular weight excluding hydrogens is 280 g/mol. The predicted molar refractivity (Wildman–Crippen MR) is 96.3 cm³/mol. The standard InChI is InChI=1S/C22H18O/c1-17(18-10-4-2-5-11-18)16-20-14-8-9-15-21(20)22(23)19-12-6-3-7-13-19/h2-16H,1H3/b17-16+. The fraction of sp³-hybridized carbons (Fsp3) is 0.0455. The van der Waals surface area contributed by atoms with E-state index in [2.05, 4.69) is 25.1 Å². The van der Waals surface area contributed by atoms with Gasteiger partial charge in [0.05, 0.1) is 0 Å². The first-order chi connectivity index (χ1) is 11.3. The molecule has 0 unspecified atom stereocenters. The van der Waals surface area contributed by atoms with E-state index in [-0.39, 0.29) is 5.78 Å². The molecule has 0 saturated heterocycles. The van der Waals surface area contributed by atoms with Crippen molar-refractivity contribution in [3.05, 3.63) is 107 Å². The SMILES string of the molecule is C/C(=C\c1ccccc1C(=O)c1ccccc1)c1ccccc1. The zero-order chi connectivity index (χ0) is 16.1. The number of hydrogen-bond donors (Lipinski definition) is 0. The van der Waals surface area contributed by atoms with Crippen LogP contribution in [0, 0.1) is 0 Å². The molecule has 1 nitrogen and oxygen atoms in total. The second-order valence-electron chi connectivity index (χ2n) is 5.48. The first-order valence-corrected chi connectivity index (χ1v) is 7.68. The number of carbonyl (C=O) groups is 1. The molecule has 0 aromatic heterocycles. The van der Waals surface area contributed by atoms with Crippen LogP contribution in [0.3, 0.4) is 0 Å². The average Bonchev–Trinajstić information content (AvgIpc) is 2.63. The smallest absolute Gasteiger partial charge is 0.193 e. The lowest BCUT2D eigenvalue weighted by Gasteiger charge is -2.07. The Kier molecular flexibility index (Phi) is 4.49. The molecule has 3 aromatic rings. The first-order valence-electron chi connectivity index (χ1n) is 7.68. The molecule has 0 atom stereocenters. The molecule has 112 valence electrons. The summed E-state index contributed by atoms with van der Waals surface area (Å²) in [6.45, 7) is 2.07. The maximum Gasteiger partial charge on any atom is 0.193 e. The minimum Gasteiger partial charge on any atom is -0.289 e. The summed E-state index contributed by atoms with van der Waals surface area (Å²) < 4.78 is 0. The van der Waals surface area contributed by atoms with Crippen molar-refractivity contribution in [2.75, 3.05) is 0 Å². The Morgan fingerprint density at radius 3 is 1.87 bits per heavy atom. The van der Waals surface area contributed by atoms with Gasteiger partial charge >= 0.3 is 0 Å². The monoisotopic (exact) mass is 298 g/mol. The molecule has 0 saturated carbocycles. The molecule has 0 amide bonds. The summed E-state index contributed by atoms with van der Waals surface area (Å²) in [5.41, 5.74) is 4.69. The van der Waals surface area contributed by atoms with Gasteiger partial charge in [-0.3, -0.25) is 4.79 Å². The quantitative estimate of drug-likeness (QED) is 0.460. The third-order valence-corrected chi connectivity index (χ3v) is 3.84. The minimum atomic E-state index is 0.0540. The third kappa shape index (κ3) is 3.46. The Morgan fingerprint density at radius 2 is 1.22 bits per heavy atom. The Morgan fingerprint density at radius 1 is 0.696 bits per heavy atom. The Balaban J connectivity index is 2.00. The van der Waals surface area contributed by atoms with Crippen LogP contribution in [0.15, 0.2) is 84.9 Å². The highest BCUT2D eigenvalue weighted by atomic mass is 16.1. The summed E-state index contributed by atoms with van der Waals surface area (Å²) in [5, 5.41) is 0. The van der Waals surface area contributed by atoms with Crippen molar-refractivity contribution < 1.29 is 4.79 Å². The Hall–Kier alpha value is -2.93. The van der Waals surface area contributed by atoms with Crippen LogP contribution in [0.1, 0.15) is 34.0 Å². The van der Waals surface area contributed by atoms with E-state index >= 15 is 0 Å². The summed E-state index contributed by atoms with van der Waals surface area (Å²) in [5.74, 6) is 0.0540. The molecule has 0 aliphatic heterocycles. The summed E-state index contributed by atoms with van der Waals surface area (Å²) in [7, 11) is 0. The van der Waals surface area contributed by atoms with Crippen LogP contribution in [0.2, 0.25) is 0 Å². The Labute approximate surface area is 136 Å². The van der Waals surface area contributed by atoms with Gasteiger partial charge in [-0.15, -0.1) is 0 Å². The van der Waals surface area contributed by atoms with Crippen LogP contribution in [0.4, 0.5) is 0 Å². The maximum absolute atomic E-state index is 12.8. The van der Waals surface area contributed by atoms with Gasteiger partial charge in [-0.25, -0.2) is 0 Å². The topological polar surface area (TPSA) is 17.1 Å². The van der Waals surface area contributed by atoms with Crippen molar-refractivity contribution in [3.63, 3.8) is 0 Å². The zero-order valence-corrected chi connectivity index (χ0v) is 13.1. The van der Waals surface area contributed by atoms with Crippen LogP contribution in [0.5, 0.6) is 0 Å². The van der Waals surface area contributed by atoms with E-state index in [1.807, 2.05) is 72.8 Å². The molecule has 0 spiro atoms. The normalized spacial score (nSPS) is 11.3. The number of carbonyl (C=O) groups excluding carboxylic acids is 1. The van der Waals surface area contributed by atoms with Crippen LogP contribution >= 0.6 is 0 Å². The second kappa shape index (κ2) is 6.89. The van der Waals surface area contributed by atoms with Crippen LogP contribution in [-0.2, 0) is 0 Å². The van der Waals surface area contributed by atoms with Crippen LogP contribution in [-0.4, -0.2) is 5.78 Å². The van der Waals surface area contributed by atoms with Gasteiger partial charge in [-0.2, -0.15) is 0 Å². The van der Waals surface area contributed by atoms with E-state index in [9.17, 15) is 4.79 Å². The summed E-state index contributed by atoms with van der Waals surface area (Å²) in [6, 6.07) is 27.4. The highest BCUT2D eigenvalue weighted by Crippen LogP contribution is 2.21. The van der Waals surface area contributed by atoms with Gasteiger partial charge < -0.3 is 0 Å². The maximum atomic E-state index is 12.8. The molecule has 1 heteroatoms. The van der Waals surface area contributed by atoms with Gasteiger partial charge in [0.25, 0.3) is 0 Å². The molecule has 3 aromatic carbocycles. The first kappa shape index (κ1) is 15.0. The lowest BCUT2D eigenvalue weighted by Crippen LogP contribution is -2.03. The molecule has 0 fully saturated rings.